The average Bonchev–Trinajstić information content (AvgIpc) is 2.45. The summed E-state index contributed by atoms with van der Waals surface area (Å²) in [7, 11) is -2.27. The van der Waals surface area contributed by atoms with Crippen LogP contribution in [-0.4, -0.2) is 32.9 Å². The fourth-order valence-corrected chi connectivity index (χ4v) is 3.82. The Labute approximate surface area is 125 Å². The molecule has 2 N–H and O–H groups in total. The number of anilines is 1. The molecular formula is C14H19N3O3S. The van der Waals surface area contributed by atoms with E-state index in [4.69, 9.17) is 15.7 Å². The van der Waals surface area contributed by atoms with Crippen LogP contribution in [0.4, 0.5) is 5.69 Å². The van der Waals surface area contributed by atoms with Crippen molar-refractivity contribution in [3.8, 4) is 11.8 Å². The highest BCUT2D eigenvalue weighted by atomic mass is 32.2. The predicted octanol–water partition coefficient (Wildman–Crippen LogP) is 1.37. The summed E-state index contributed by atoms with van der Waals surface area (Å²) in [5.74, 6) is 0.00879. The summed E-state index contributed by atoms with van der Waals surface area (Å²) >= 11 is 0. The quantitative estimate of drug-likeness (QED) is 0.847. The van der Waals surface area contributed by atoms with E-state index in [9.17, 15) is 8.42 Å². The fraction of sp³-hybridized carbons (Fsp3) is 0.500. The van der Waals surface area contributed by atoms with Crippen molar-refractivity contribution in [3.63, 3.8) is 0 Å². The van der Waals surface area contributed by atoms with E-state index < -0.39 is 10.0 Å². The first kappa shape index (κ1) is 15.6. The van der Waals surface area contributed by atoms with Gasteiger partial charge in [0.15, 0.2) is 0 Å². The number of nitrogen functional groups attached to an aromatic ring is 1. The molecule has 114 valence electrons. The Balaban J connectivity index is 2.45. The van der Waals surface area contributed by atoms with E-state index in [-0.39, 0.29) is 17.4 Å². The van der Waals surface area contributed by atoms with Crippen LogP contribution in [0.1, 0.15) is 18.9 Å². The van der Waals surface area contributed by atoms with Crippen LogP contribution >= 0.6 is 0 Å². The molecule has 6 nitrogen and oxygen atoms in total. The maximum Gasteiger partial charge on any atom is 0.246 e. The lowest BCUT2D eigenvalue weighted by Gasteiger charge is -2.24. The lowest BCUT2D eigenvalue weighted by atomic mass is 10.1. The maximum atomic E-state index is 12.7. The van der Waals surface area contributed by atoms with Gasteiger partial charge in [-0.3, -0.25) is 0 Å². The molecule has 0 saturated heterocycles. The van der Waals surface area contributed by atoms with Crippen molar-refractivity contribution < 1.29 is 13.2 Å². The Morgan fingerprint density at radius 1 is 1.52 bits per heavy atom. The van der Waals surface area contributed by atoms with E-state index >= 15 is 0 Å². The minimum Gasteiger partial charge on any atom is -0.492 e. The summed E-state index contributed by atoms with van der Waals surface area (Å²) < 4.78 is 32.1. The third kappa shape index (κ3) is 3.12. The van der Waals surface area contributed by atoms with Crippen molar-refractivity contribution in [2.45, 2.75) is 24.7 Å². The summed E-state index contributed by atoms with van der Waals surface area (Å²) in [6, 6.07) is 5.21. The van der Waals surface area contributed by atoms with Crippen LogP contribution in [0.25, 0.3) is 0 Å². The Bertz CT molecular complexity index is 679. The number of rotatable bonds is 4. The van der Waals surface area contributed by atoms with Gasteiger partial charge in [-0.25, -0.2) is 8.42 Å². The molecule has 0 amide bonds. The average molecular weight is 309 g/mol. The van der Waals surface area contributed by atoms with E-state index in [1.807, 2.05) is 6.07 Å². The monoisotopic (exact) mass is 309 g/mol. The Kier molecular flexibility index (Phi) is 4.40. The van der Waals surface area contributed by atoms with Gasteiger partial charge in [-0.15, -0.1) is 0 Å². The molecule has 1 aliphatic rings. The molecule has 1 atom stereocenters. The van der Waals surface area contributed by atoms with Crippen LogP contribution in [0.5, 0.6) is 5.75 Å². The lowest BCUT2D eigenvalue weighted by Crippen LogP contribution is -2.31. The SMILES string of the molecule is CC(C#N)CN(C)S(=O)(=O)c1cc(N)cc2c1OCCC2. The molecule has 1 aliphatic heterocycles. The van der Waals surface area contributed by atoms with Crippen LogP contribution in [0.3, 0.4) is 0 Å². The molecule has 0 spiro atoms. The van der Waals surface area contributed by atoms with Crippen LogP contribution in [0.2, 0.25) is 0 Å². The molecule has 0 bridgehead atoms. The maximum absolute atomic E-state index is 12.7. The highest BCUT2D eigenvalue weighted by Crippen LogP contribution is 2.35. The number of ether oxygens (including phenoxy) is 1. The van der Waals surface area contributed by atoms with Crippen LogP contribution in [-0.2, 0) is 16.4 Å². The first-order valence-corrected chi connectivity index (χ1v) is 8.21. The van der Waals surface area contributed by atoms with E-state index in [1.165, 1.54) is 17.4 Å². The van der Waals surface area contributed by atoms with Crippen molar-refractivity contribution in [2.24, 2.45) is 5.92 Å². The molecule has 2 rings (SSSR count). The smallest absolute Gasteiger partial charge is 0.246 e. The van der Waals surface area contributed by atoms with Crippen molar-refractivity contribution in [3.05, 3.63) is 17.7 Å². The van der Waals surface area contributed by atoms with E-state index in [0.29, 0.717) is 18.0 Å². The summed E-state index contributed by atoms with van der Waals surface area (Å²) in [6.07, 6.45) is 1.60. The molecule has 1 unspecified atom stereocenters. The van der Waals surface area contributed by atoms with Gasteiger partial charge in [0.2, 0.25) is 10.0 Å². The molecule has 21 heavy (non-hydrogen) atoms. The largest absolute Gasteiger partial charge is 0.492 e. The van der Waals surface area contributed by atoms with Crippen LogP contribution < -0.4 is 10.5 Å². The van der Waals surface area contributed by atoms with E-state index in [1.54, 1.807) is 13.0 Å². The number of nitrogens with zero attached hydrogens (tertiary/aromatic N) is 2. The zero-order chi connectivity index (χ0) is 15.6. The minimum atomic E-state index is -3.73. The van der Waals surface area contributed by atoms with Crippen molar-refractivity contribution in [1.82, 2.24) is 4.31 Å². The normalized spacial score (nSPS) is 15.9. The second-order valence-corrected chi connectivity index (χ2v) is 7.29. The second-order valence-electron chi connectivity index (χ2n) is 5.27. The first-order chi connectivity index (χ1) is 9.86. The zero-order valence-electron chi connectivity index (χ0n) is 12.2. The minimum absolute atomic E-state index is 0.0878. The van der Waals surface area contributed by atoms with Gasteiger partial charge in [0, 0.05) is 19.3 Å². The van der Waals surface area contributed by atoms with Gasteiger partial charge in [0.05, 0.1) is 18.6 Å². The lowest BCUT2D eigenvalue weighted by molar-refractivity contribution is 0.279. The summed E-state index contributed by atoms with van der Waals surface area (Å²) in [4.78, 5) is 0.0878. The van der Waals surface area contributed by atoms with Gasteiger partial charge < -0.3 is 10.5 Å². The molecule has 0 radical (unpaired) electrons. The second kappa shape index (κ2) is 5.92. The Morgan fingerprint density at radius 2 is 2.24 bits per heavy atom. The summed E-state index contributed by atoms with van der Waals surface area (Å²) in [5.41, 5.74) is 7.04. The molecule has 0 aromatic heterocycles. The number of fused-ring (bicyclic) bond motifs is 1. The number of sulfonamides is 1. The number of hydrogen-bond acceptors (Lipinski definition) is 5. The molecule has 1 heterocycles. The molecule has 0 saturated carbocycles. The van der Waals surface area contributed by atoms with Crippen molar-refractivity contribution >= 4 is 15.7 Å². The molecular weight excluding hydrogens is 290 g/mol. The number of benzene rings is 1. The Morgan fingerprint density at radius 3 is 2.90 bits per heavy atom. The van der Waals surface area contributed by atoms with Gasteiger partial charge in [-0.05, 0) is 37.5 Å². The third-order valence-electron chi connectivity index (χ3n) is 3.43. The zero-order valence-corrected chi connectivity index (χ0v) is 13.0. The summed E-state index contributed by atoms with van der Waals surface area (Å²) in [5, 5.41) is 8.84. The molecule has 0 aliphatic carbocycles. The fourth-order valence-electron chi connectivity index (χ4n) is 2.35. The molecule has 7 heteroatoms. The van der Waals surface area contributed by atoms with Crippen LogP contribution in [0.15, 0.2) is 17.0 Å². The number of hydrogen-bond donors (Lipinski definition) is 1. The summed E-state index contributed by atoms with van der Waals surface area (Å²) in [6.45, 7) is 2.30. The number of nitrogens with two attached hydrogens (primary N) is 1. The van der Waals surface area contributed by atoms with Crippen LogP contribution in [0, 0.1) is 17.2 Å². The van der Waals surface area contributed by atoms with Gasteiger partial charge in [0.25, 0.3) is 0 Å². The Hall–Kier alpha value is -1.78. The van der Waals surface area contributed by atoms with Gasteiger partial charge >= 0.3 is 0 Å². The molecule has 1 aromatic carbocycles. The van der Waals surface area contributed by atoms with Crippen molar-refractivity contribution in [1.29, 1.82) is 5.26 Å². The third-order valence-corrected chi connectivity index (χ3v) is 5.26. The molecule has 0 fully saturated rings. The van der Waals surface area contributed by atoms with Gasteiger partial charge in [-0.2, -0.15) is 9.57 Å². The standard InChI is InChI=1S/C14H19N3O3S/c1-10(8-15)9-17(2)21(18,19)13-7-12(16)6-11-4-3-5-20-14(11)13/h6-7,10H,3-5,9,16H2,1-2H3. The van der Waals surface area contributed by atoms with E-state index in [2.05, 4.69) is 0 Å². The van der Waals surface area contributed by atoms with Gasteiger partial charge in [-0.1, -0.05) is 0 Å². The highest BCUT2D eigenvalue weighted by molar-refractivity contribution is 7.89. The van der Waals surface area contributed by atoms with E-state index in [0.717, 1.165) is 18.4 Å². The van der Waals surface area contributed by atoms with Gasteiger partial charge in [0.1, 0.15) is 10.6 Å². The number of nitriles is 1. The topological polar surface area (TPSA) is 96.4 Å². The first-order valence-electron chi connectivity index (χ1n) is 6.77. The number of aryl methyl sites for hydroxylation is 1. The predicted molar refractivity (Wildman–Crippen MR) is 79.3 cm³/mol. The molecule has 1 aromatic rings. The van der Waals surface area contributed by atoms with Crippen molar-refractivity contribution in [2.75, 3.05) is 25.9 Å². The highest BCUT2D eigenvalue weighted by Gasteiger charge is 2.29.